The van der Waals surface area contributed by atoms with E-state index in [0.717, 1.165) is 55.6 Å². The summed E-state index contributed by atoms with van der Waals surface area (Å²) in [5, 5.41) is 18.4. The lowest BCUT2D eigenvalue weighted by atomic mass is 9.92. The van der Waals surface area contributed by atoms with Crippen molar-refractivity contribution in [3.05, 3.63) is 52.0 Å². The Morgan fingerprint density at radius 2 is 1.83 bits per heavy atom. The molecule has 1 aromatic heterocycles. The molecule has 2 heterocycles. The van der Waals surface area contributed by atoms with E-state index in [0.29, 0.717) is 37.9 Å². The number of aryl methyl sites for hydroxylation is 1. The number of amides is 3. The first-order valence-electron chi connectivity index (χ1n) is 17.8. The van der Waals surface area contributed by atoms with Gasteiger partial charge in [-0.3, -0.25) is 19.3 Å². The van der Waals surface area contributed by atoms with Crippen LogP contribution >= 0.6 is 11.3 Å². The largest absolute Gasteiger partial charge is 0.396 e. The number of aliphatic hydroxyl groups is 1. The fraction of sp³-hybridized carbons (Fsp3) is 0.676. The van der Waals surface area contributed by atoms with Crippen LogP contribution in [0.5, 0.6) is 0 Å². The van der Waals surface area contributed by atoms with Crippen LogP contribution in [0, 0.1) is 11.8 Å². The molecule has 3 amide bonds. The van der Waals surface area contributed by atoms with Crippen LogP contribution < -0.4 is 10.6 Å². The number of likely N-dealkylation sites (N-methyl/N-ethyl adjacent to an activating group) is 1. The van der Waals surface area contributed by atoms with Gasteiger partial charge in [0.25, 0.3) is 5.91 Å². The second kappa shape index (κ2) is 19.9. The van der Waals surface area contributed by atoms with E-state index in [1.165, 1.54) is 11.3 Å². The summed E-state index contributed by atoms with van der Waals surface area (Å²) in [4.78, 5) is 49.8. The fourth-order valence-electron chi connectivity index (χ4n) is 6.57. The van der Waals surface area contributed by atoms with E-state index in [-0.39, 0.29) is 54.3 Å². The van der Waals surface area contributed by atoms with Gasteiger partial charge in [0.2, 0.25) is 11.8 Å². The van der Waals surface area contributed by atoms with E-state index in [1.807, 2.05) is 47.7 Å². The quantitative estimate of drug-likeness (QED) is 0.183. The number of nitrogens with one attached hydrogen (secondary N) is 2. The van der Waals surface area contributed by atoms with Crippen LogP contribution in [0.3, 0.4) is 0 Å². The highest BCUT2D eigenvalue weighted by atomic mass is 32.1. The molecule has 1 unspecified atom stereocenters. The summed E-state index contributed by atoms with van der Waals surface area (Å²) in [6.07, 6.45) is 7.92. The molecule has 0 spiro atoms. The van der Waals surface area contributed by atoms with Crippen molar-refractivity contribution in [2.45, 2.75) is 123 Å². The molecule has 0 aliphatic carbocycles. The molecule has 1 aromatic carbocycles. The number of thiazole rings is 1. The zero-order valence-corrected chi connectivity index (χ0v) is 30.4. The lowest BCUT2D eigenvalue weighted by Crippen LogP contribution is -2.58. The predicted molar refractivity (Wildman–Crippen MR) is 190 cm³/mol. The first-order chi connectivity index (χ1) is 22.6. The van der Waals surface area contributed by atoms with Gasteiger partial charge >= 0.3 is 0 Å². The van der Waals surface area contributed by atoms with Gasteiger partial charge in [-0.25, -0.2) is 4.98 Å². The van der Waals surface area contributed by atoms with Crippen molar-refractivity contribution < 1.29 is 19.5 Å². The molecule has 1 fully saturated rings. The molecule has 0 saturated carbocycles. The monoisotopic (exact) mass is 669 g/mol. The number of hydrogen-bond donors (Lipinski definition) is 3. The number of carbonyl (C=O) groups excluding carboxylic acids is 3. The third-order valence-corrected chi connectivity index (χ3v) is 10.5. The Hall–Kier alpha value is -2.82. The number of aliphatic hydroxyl groups excluding tert-OH is 1. The Bertz CT molecular complexity index is 1240. The van der Waals surface area contributed by atoms with E-state index in [4.69, 9.17) is 4.98 Å². The molecule has 10 heteroatoms. The Kier molecular flexibility index (Phi) is 16.3. The predicted octanol–water partition coefficient (Wildman–Crippen LogP) is 5.47. The van der Waals surface area contributed by atoms with E-state index < -0.39 is 6.04 Å². The van der Waals surface area contributed by atoms with Crippen LogP contribution in [0.25, 0.3) is 0 Å². The number of carbonyl (C=O) groups is 3. The maximum absolute atomic E-state index is 14.3. The molecular formula is C37H59N5O4S. The second-order valence-electron chi connectivity index (χ2n) is 13.6. The average Bonchev–Trinajstić information content (AvgIpc) is 3.54. The Balaban J connectivity index is 1.70. The highest BCUT2D eigenvalue weighted by Crippen LogP contribution is 2.24. The van der Waals surface area contributed by atoms with Crippen molar-refractivity contribution in [2.24, 2.45) is 11.8 Å². The van der Waals surface area contributed by atoms with Crippen molar-refractivity contribution in [3.8, 4) is 0 Å². The summed E-state index contributed by atoms with van der Waals surface area (Å²) >= 11 is 1.48. The average molecular weight is 670 g/mol. The third kappa shape index (κ3) is 11.7. The molecule has 47 heavy (non-hydrogen) atoms. The Morgan fingerprint density at radius 3 is 2.47 bits per heavy atom. The number of aromatic nitrogens is 1. The van der Waals surface area contributed by atoms with Gasteiger partial charge in [0.1, 0.15) is 11.7 Å². The van der Waals surface area contributed by atoms with E-state index in [9.17, 15) is 19.5 Å². The van der Waals surface area contributed by atoms with Gasteiger partial charge in [-0.2, -0.15) is 0 Å². The Labute approximate surface area is 286 Å². The van der Waals surface area contributed by atoms with E-state index >= 15 is 0 Å². The minimum Gasteiger partial charge on any atom is -0.396 e. The first-order valence-corrected chi connectivity index (χ1v) is 18.7. The van der Waals surface area contributed by atoms with Crippen LogP contribution in [0.2, 0.25) is 0 Å². The normalized spacial score (nSPS) is 17.9. The summed E-state index contributed by atoms with van der Waals surface area (Å²) in [5.74, 6) is -0.0326. The smallest absolute Gasteiger partial charge is 0.270 e. The van der Waals surface area contributed by atoms with Gasteiger partial charge in [0.15, 0.2) is 0 Å². The molecular weight excluding hydrogens is 611 g/mol. The summed E-state index contributed by atoms with van der Waals surface area (Å²) in [5.41, 5.74) is 1.54. The molecule has 3 N–H and O–H groups in total. The van der Waals surface area contributed by atoms with Gasteiger partial charge in [0, 0.05) is 37.0 Å². The van der Waals surface area contributed by atoms with Gasteiger partial charge in [-0.1, -0.05) is 77.8 Å². The summed E-state index contributed by atoms with van der Waals surface area (Å²) in [6.45, 7) is 12.1. The molecule has 9 nitrogen and oxygen atoms in total. The molecule has 1 aliphatic rings. The summed E-state index contributed by atoms with van der Waals surface area (Å²) < 4.78 is 0. The number of likely N-dealkylation sites (tertiary alicyclic amines) is 1. The minimum absolute atomic E-state index is 0.00162. The molecule has 1 aliphatic heterocycles. The van der Waals surface area contributed by atoms with Crippen molar-refractivity contribution in [2.75, 3.05) is 26.7 Å². The molecule has 2 aromatic rings. The number of nitrogens with zero attached hydrogens (tertiary/aromatic N) is 3. The van der Waals surface area contributed by atoms with E-state index in [1.54, 1.807) is 0 Å². The van der Waals surface area contributed by atoms with Crippen LogP contribution in [0.1, 0.15) is 107 Å². The number of benzene rings is 1. The van der Waals surface area contributed by atoms with Gasteiger partial charge in [-0.15, -0.1) is 11.3 Å². The fourth-order valence-corrected chi connectivity index (χ4v) is 7.36. The van der Waals surface area contributed by atoms with Gasteiger partial charge in [0.05, 0.1) is 11.0 Å². The molecule has 3 rings (SSSR count). The van der Waals surface area contributed by atoms with Crippen LogP contribution in [-0.4, -0.2) is 88.5 Å². The molecule has 5 atom stereocenters. The molecule has 1 saturated heterocycles. The zero-order chi connectivity index (χ0) is 34.3. The second-order valence-corrected chi connectivity index (χ2v) is 14.5. The topological polar surface area (TPSA) is 115 Å². The molecule has 0 bridgehead atoms. The van der Waals surface area contributed by atoms with Crippen LogP contribution in [0.4, 0.5) is 0 Å². The van der Waals surface area contributed by atoms with Gasteiger partial charge in [-0.05, 0) is 75.9 Å². The van der Waals surface area contributed by atoms with Crippen molar-refractivity contribution in [1.29, 1.82) is 0 Å². The van der Waals surface area contributed by atoms with Crippen LogP contribution in [-0.2, 0) is 22.4 Å². The zero-order valence-electron chi connectivity index (χ0n) is 29.5. The standard InChI is InChI=1S/C37H59N5O4S/c1-7-21-42(37(46)34(27(5)8-2)40-36(45)32-18-12-13-22-41(32)6)31(26(3)4)19-20-33-39-30(25-47-33)35(44)38-29(17-14-23-43)24-28-15-10-9-11-16-28/h9-11,15-16,25-27,29,31-32,34,43H,7-8,12-14,17-24H2,1-6H3,(H,38,44)(H,40,45)/t27-,29+,31+,32+,34?/m0/s1. The van der Waals surface area contributed by atoms with Crippen molar-refractivity contribution in [3.63, 3.8) is 0 Å². The maximum Gasteiger partial charge on any atom is 0.270 e. The summed E-state index contributed by atoms with van der Waals surface area (Å²) in [6, 6.07) is 9.16. The maximum atomic E-state index is 14.3. The highest BCUT2D eigenvalue weighted by molar-refractivity contribution is 7.09. The SMILES string of the molecule is CCCN(C(=O)C(NC(=O)[C@H]1CCCCN1C)[C@@H](C)CC)[C@H](CCc1nc(C(=O)N[C@H](CCCO)Cc2ccccc2)cs1)C(C)C. The number of rotatable bonds is 19. The van der Waals surface area contributed by atoms with Crippen molar-refractivity contribution >= 4 is 29.1 Å². The lowest BCUT2D eigenvalue weighted by Gasteiger charge is -2.39. The first kappa shape index (κ1) is 38.6. The van der Waals surface area contributed by atoms with E-state index in [2.05, 4.69) is 50.2 Å². The number of piperidine rings is 1. The Morgan fingerprint density at radius 1 is 1.09 bits per heavy atom. The molecule has 0 radical (unpaired) electrons. The third-order valence-electron chi connectivity index (χ3n) is 9.58. The van der Waals surface area contributed by atoms with Crippen LogP contribution in [0.15, 0.2) is 35.7 Å². The highest BCUT2D eigenvalue weighted by Gasteiger charge is 2.36. The minimum atomic E-state index is -0.569. The summed E-state index contributed by atoms with van der Waals surface area (Å²) in [7, 11) is 2.00. The molecule has 262 valence electrons. The van der Waals surface area contributed by atoms with Gasteiger partial charge < -0.3 is 20.6 Å². The van der Waals surface area contributed by atoms with Crippen molar-refractivity contribution in [1.82, 2.24) is 25.4 Å². The lowest BCUT2D eigenvalue weighted by molar-refractivity contribution is -0.142. The number of hydrogen-bond acceptors (Lipinski definition) is 7.